The Balaban J connectivity index is 2.34. The average molecular weight is 577 g/mol. The second-order valence-corrected chi connectivity index (χ2v) is 12.6. The van der Waals surface area contributed by atoms with Crippen molar-refractivity contribution in [3.63, 3.8) is 0 Å². The number of halogens is 3. The summed E-state index contributed by atoms with van der Waals surface area (Å²) in [6.07, 6.45) is 0.526. The molecule has 2 aromatic rings. The molecule has 0 bridgehead atoms. The van der Waals surface area contributed by atoms with Crippen molar-refractivity contribution in [2.24, 2.45) is 0 Å². The number of thiazole rings is 1. The standard InChI is InChI=1S/C24H32BrF2N3O4S/c1-22(2,3)33-20(31)29-17(12-15-8-10-16(11-9-15)24(7,26)27)14-30(19-28-13-18(25)35-19)21(32)34-23(4,5)6/h8-11,13,17H,12,14H2,1-7H3,(H,29,31). The lowest BCUT2D eigenvalue weighted by atomic mass is 10.0. The van der Waals surface area contributed by atoms with Crippen LogP contribution in [-0.2, 0) is 21.8 Å². The Kier molecular flexibility index (Phi) is 9.27. The first kappa shape index (κ1) is 29.0. The van der Waals surface area contributed by atoms with Gasteiger partial charge in [0, 0.05) is 12.5 Å². The van der Waals surface area contributed by atoms with Crippen molar-refractivity contribution in [1.82, 2.24) is 10.3 Å². The molecule has 1 aromatic carbocycles. The van der Waals surface area contributed by atoms with Crippen LogP contribution in [0, 0.1) is 0 Å². The van der Waals surface area contributed by atoms with E-state index in [1.54, 1.807) is 59.9 Å². The Hall–Kier alpha value is -2.27. The van der Waals surface area contributed by atoms with Gasteiger partial charge >= 0.3 is 12.2 Å². The highest BCUT2D eigenvalue weighted by Gasteiger charge is 2.30. The van der Waals surface area contributed by atoms with E-state index < -0.39 is 35.4 Å². The number of anilines is 1. The molecule has 0 aliphatic rings. The van der Waals surface area contributed by atoms with Gasteiger partial charge in [-0.25, -0.2) is 23.4 Å². The number of carbonyl (C=O) groups excluding carboxylic acids is 2. The summed E-state index contributed by atoms with van der Waals surface area (Å²) in [6, 6.07) is 5.23. The normalized spacial score (nSPS) is 13.2. The van der Waals surface area contributed by atoms with E-state index in [0.29, 0.717) is 14.5 Å². The summed E-state index contributed by atoms with van der Waals surface area (Å²) in [5.74, 6) is -2.96. The molecule has 0 spiro atoms. The molecule has 0 fully saturated rings. The second-order valence-electron chi connectivity index (χ2n) is 10.2. The van der Waals surface area contributed by atoms with Crippen LogP contribution in [0.2, 0.25) is 0 Å². The molecule has 194 valence electrons. The molecular formula is C24H32BrF2N3O4S. The Morgan fingerprint density at radius 2 is 1.63 bits per heavy atom. The van der Waals surface area contributed by atoms with E-state index in [1.165, 1.54) is 28.4 Å². The van der Waals surface area contributed by atoms with Crippen LogP contribution in [0.25, 0.3) is 0 Å². The minimum absolute atomic E-state index is 0.0137. The molecule has 1 unspecified atom stereocenters. The minimum atomic E-state index is -2.96. The predicted molar refractivity (Wildman–Crippen MR) is 136 cm³/mol. The Morgan fingerprint density at radius 3 is 2.09 bits per heavy atom. The number of alkyl halides is 2. The summed E-state index contributed by atoms with van der Waals surface area (Å²) in [5, 5.41) is 3.18. The lowest BCUT2D eigenvalue weighted by molar-refractivity contribution is 0.0174. The molecule has 2 rings (SSSR count). The number of hydrogen-bond acceptors (Lipinski definition) is 6. The summed E-state index contributed by atoms with van der Waals surface area (Å²) in [4.78, 5) is 31.3. The fourth-order valence-electron chi connectivity index (χ4n) is 2.99. The van der Waals surface area contributed by atoms with Crippen molar-refractivity contribution in [1.29, 1.82) is 0 Å². The molecule has 0 aliphatic heterocycles. The number of rotatable bonds is 7. The van der Waals surface area contributed by atoms with Crippen molar-refractivity contribution in [3.05, 3.63) is 45.4 Å². The van der Waals surface area contributed by atoms with Gasteiger partial charge in [-0.05, 0) is 69.5 Å². The van der Waals surface area contributed by atoms with Gasteiger partial charge in [-0.3, -0.25) is 4.90 Å². The summed E-state index contributed by atoms with van der Waals surface area (Å²) in [5.41, 5.74) is -0.892. The minimum Gasteiger partial charge on any atom is -0.444 e. The van der Waals surface area contributed by atoms with E-state index in [-0.39, 0.29) is 18.5 Å². The quantitative estimate of drug-likeness (QED) is 0.388. The molecule has 0 radical (unpaired) electrons. The molecule has 11 heteroatoms. The lowest BCUT2D eigenvalue weighted by Gasteiger charge is -2.30. The zero-order chi connectivity index (χ0) is 26.6. The Bertz CT molecular complexity index is 1010. The van der Waals surface area contributed by atoms with Gasteiger partial charge < -0.3 is 14.8 Å². The first-order chi connectivity index (χ1) is 15.9. The van der Waals surface area contributed by atoms with Gasteiger partial charge in [-0.2, -0.15) is 0 Å². The van der Waals surface area contributed by atoms with Crippen LogP contribution in [0.15, 0.2) is 34.2 Å². The highest BCUT2D eigenvalue weighted by atomic mass is 79.9. The summed E-state index contributed by atoms with van der Waals surface area (Å²) < 4.78 is 38.9. The largest absolute Gasteiger partial charge is 0.444 e. The summed E-state index contributed by atoms with van der Waals surface area (Å²) >= 11 is 4.59. The van der Waals surface area contributed by atoms with Crippen LogP contribution in [0.4, 0.5) is 23.5 Å². The third-order valence-corrected chi connectivity index (χ3v) is 5.88. The maximum Gasteiger partial charge on any atom is 0.416 e. The first-order valence-electron chi connectivity index (χ1n) is 11.0. The van der Waals surface area contributed by atoms with Crippen molar-refractivity contribution < 1.29 is 27.8 Å². The fourth-order valence-corrected chi connectivity index (χ4v) is 4.17. The molecule has 0 aliphatic carbocycles. The van der Waals surface area contributed by atoms with E-state index in [2.05, 4.69) is 26.2 Å². The van der Waals surface area contributed by atoms with Gasteiger partial charge in [0.05, 0.1) is 22.6 Å². The number of alkyl carbamates (subject to hydrolysis) is 1. The smallest absolute Gasteiger partial charge is 0.416 e. The monoisotopic (exact) mass is 575 g/mol. The van der Waals surface area contributed by atoms with Crippen molar-refractivity contribution in [2.45, 2.75) is 78.1 Å². The number of ether oxygens (including phenoxy) is 2. The number of nitrogens with one attached hydrogen (secondary N) is 1. The third-order valence-electron chi connectivity index (χ3n) is 4.38. The second kappa shape index (κ2) is 11.2. The molecular weight excluding hydrogens is 544 g/mol. The van der Waals surface area contributed by atoms with E-state index >= 15 is 0 Å². The van der Waals surface area contributed by atoms with Crippen LogP contribution < -0.4 is 10.2 Å². The zero-order valence-corrected chi connectivity index (χ0v) is 23.4. The highest BCUT2D eigenvalue weighted by molar-refractivity contribution is 9.11. The topological polar surface area (TPSA) is 80.8 Å². The van der Waals surface area contributed by atoms with Gasteiger partial charge in [-0.15, -0.1) is 0 Å². The number of nitrogens with zero attached hydrogens (tertiary/aromatic N) is 2. The predicted octanol–water partition coefficient (Wildman–Crippen LogP) is 6.89. The highest BCUT2D eigenvalue weighted by Crippen LogP contribution is 2.29. The third kappa shape index (κ3) is 10.1. The average Bonchev–Trinajstić information content (AvgIpc) is 3.08. The number of aromatic nitrogens is 1. The Labute approximate surface area is 217 Å². The number of benzene rings is 1. The van der Waals surface area contributed by atoms with Crippen LogP contribution in [0.3, 0.4) is 0 Å². The van der Waals surface area contributed by atoms with Gasteiger partial charge in [0.25, 0.3) is 5.92 Å². The van der Waals surface area contributed by atoms with Crippen LogP contribution in [-0.4, -0.2) is 41.0 Å². The van der Waals surface area contributed by atoms with Crippen LogP contribution in [0.5, 0.6) is 0 Å². The molecule has 1 heterocycles. The summed E-state index contributed by atoms with van der Waals surface area (Å²) in [6.45, 7) is 11.3. The van der Waals surface area contributed by atoms with E-state index in [1.807, 2.05) is 0 Å². The maximum absolute atomic E-state index is 13.6. The lowest BCUT2D eigenvalue weighted by Crippen LogP contribution is -2.49. The van der Waals surface area contributed by atoms with Crippen LogP contribution >= 0.6 is 27.3 Å². The van der Waals surface area contributed by atoms with E-state index in [0.717, 1.165) is 6.92 Å². The Morgan fingerprint density at radius 1 is 1.06 bits per heavy atom. The number of amides is 2. The van der Waals surface area contributed by atoms with Gasteiger partial charge in [0.15, 0.2) is 5.13 Å². The fraction of sp³-hybridized carbons (Fsp3) is 0.542. The first-order valence-corrected chi connectivity index (χ1v) is 12.6. The van der Waals surface area contributed by atoms with Gasteiger partial charge in [-0.1, -0.05) is 35.6 Å². The van der Waals surface area contributed by atoms with Crippen molar-refractivity contribution in [2.75, 3.05) is 11.4 Å². The molecule has 1 N–H and O–H groups in total. The molecule has 35 heavy (non-hydrogen) atoms. The summed E-state index contributed by atoms with van der Waals surface area (Å²) in [7, 11) is 0. The molecule has 1 atom stereocenters. The maximum atomic E-state index is 13.6. The van der Waals surface area contributed by atoms with E-state index in [4.69, 9.17) is 9.47 Å². The van der Waals surface area contributed by atoms with E-state index in [9.17, 15) is 18.4 Å². The van der Waals surface area contributed by atoms with Gasteiger partial charge in [0.1, 0.15) is 11.2 Å². The molecule has 1 aromatic heterocycles. The SMILES string of the molecule is CC(C)(C)OC(=O)NC(Cc1ccc(C(C)(F)F)cc1)CN(C(=O)OC(C)(C)C)c1ncc(Br)s1. The van der Waals surface area contributed by atoms with Gasteiger partial charge in [0.2, 0.25) is 0 Å². The zero-order valence-electron chi connectivity index (χ0n) is 20.9. The molecule has 7 nitrogen and oxygen atoms in total. The van der Waals surface area contributed by atoms with Crippen molar-refractivity contribution >= 4 is 44.6 Å². The van der Waals surface area contributed by atoms with Crippen molar-refractivity contribution in [3.8, 4) is 0 Å². The molecule has 0 saturated carbocycles. The molecule has 2 amide bonds. The molecule has 0 saturated heterocycles. The van der Waals surface area contributed by atoms with Crippen LogP contribution in [0.1, 0.15) is 59.6 Å². The number of carbonyl (C=O) groups is 2. The number of hydrogen-bond donors (Lipinski definition) is 1.